The van der Waals surface area contributed by atoms with Crippen LogP contribution in [0.1, 0.15) is 27.0 Å². The second-order valence-electron chi connectivity index (χ2n) is 5.47. The summed E-state index contributed by atoms with van der Waals surface area (Å²) in [6.45, 7) is 5.96. The Labute approximate surface area is 123 Å². The average Bonchev–Trinajstić information content (AvgIpc) is 2.79. The lowest BCUT2D eigenvalue weighted by molar-refractivity contribution is 0.101. The van der Waals surface area contributed by atoms with Crippen molar-refractivity contribution in [2.45, 2.75) is 13.0 Å². The van der Waals surface area contributed by atoms with Crippen molar-refractivity contribution in [3.05, 3.63) is 71.3 Å². The van der Waals surface area contributed by atoms with Crippen LogP contribution in [0, 0.1) is 0 Å². The Morgan fingerprint density at radius 1 is 1.05 bits per heavy atom. The summed E-state index contributed by atoms with van der Waals surface area (Å²) in [5.41, 5.74) is 5.99. The van der Waals surface area contributed by atoms with Gasteiger partial charge in [-0.2, -0.15) is 0 Å². The molecule has 3 heteroatoms. The van der Waals surface area contributed by atoms with Crippen LogP contribution in [-0.4, -0.2) is 12.5 Å². The number of fused-ring (bicyclic) bond motifs is 2. The molecule has 0 atom stereocenters. The number of hydrogen-bond donors (Lipinski definition) is 1. The number of amides is 1. The smallest absolute Gasteiger partial charge is 0.263 e. The minimum atomic E-state index is 0.0301. The third-order valence-corrected chi connectivity index (χ3v) is 4.30. The van der Waals surface area contributed by atoms with Gasteiger partial charge in [0.05, 0.1) is 11.4 Å². The highest BCUT2D eigenvalue weighted by molar-refractivity contribution is 6.22. The lowest BCUT2D eigenvalue weighted by atomic mass is 9.98. The molecule has 2 aliphatic heterocycles. The Bertz CT molecular complexity index is 729. The van der Waals surface area contributed by atoms with Crippen LogP contribution in [0.4, 0.5) is 5.69 Å². The molecule has 0 radical (unpaired) electrons. The predicted octanol–water partition coefficient (Wildman–Crippen LogP) is 2.96. The van der Waals surface area contributed by atoms with Crippen LogP contribution >= 0.6 is 0 Å². The molecule has 0 unspecified atom stereocenters. The summed E-state index contributed by atoms with van der Waals surface area (Å²) in [6, 6.07) is 13.9. The van der Waals surface area contributed by atoms with Gasteiger partial charge in [0.1, 0.15) is 0 Å². The zero-order valence-corrected chi connectivity index (χ0v) is 11.7. The van der Waals surface area contributed by atoms with E-state index in [-0.39, 0.29) is 5.91 Å². The number of carbonyl (C=O) groups excluding carboxylic acids is 1. The zero-order valence-electron chi connectivity index (χ0n) is 11.7. The topological polar surface area (TPSA) is 32.3 Å². The fraction of sp³-hybridized carbons (Fsp3) is 0.167. The van der Waals surface area contributed by atoms with Gasteiger partial charge in [0.2, 0.25) is 0 Å². The highest BCUT2D eigenvalue weighted by Gasteiger charge is 2.33. The molecule has 2 heterocycles. The van der Waals surface area contributed by atoms with Crippen molar-refractivity contribution >= 4 is 17.3 Å². The summed E-state index contributed by atoms with van der Waals surface area (Å²) >= 11 is 0. The van der Waals surface area contributed by atoms with Gasteiger partial charge >= 0.3 is 0 Å². The molecule has 2 aromatic carbocycles. The van der Waals surface area contributed by atoms with Gasteiger partial charge in [-0.25, -0.2) is 0 Å². The normalized spacial score (nSPS) is 16.9. The first kappa shape index (κ1) is 12.4. The molecule has 0 spiro atoms. The second-order valence-corrected chi connectivity index (χ2v) is 5.47. The summed E-state index contributed by atoms with van der Waals surface area (Å²) < 4.78 is 0. The Balaban J connectivity index is 1.86. The SMILES string of the molecule is C=C1c2ccccc2C(=O)N1c1cccc2c1CCNC2. The van der Waals surface area contributed by atoms with Gasteiger partial charge in [0.25, 0.3) is 5.91 Å². The summed E-state index contributed by atoms with van der Waals surface area (Å²) in [5, 5.41) is 3.37. The molecule has 3 nitrogen and oxygen atoms in total. The summed E-state index contributed by atoms with van der Waals surface area (Å²) in [7, 11) is 0. The van der Waals surface area contributed by atoms with Gasteiger partial charge in [0.15, 0.2) is 0 Å². The van der Waals surface area contributed by atoms with E-state index < -0.39 is 0 Å². The molecular weight excluding hydrogens is 260 g/mol. The van der Waals surface area contributed by atoms with Crippen molar-refractivity contribution in [3.8, 4) is 0 Å². The fourth-order valence-corrected chi connectivity index (χ4v) is 3.26. The standard InChI is InChI=1S/C18H16N2O/c1-12-14-6-2-3-7-16(14)18(21)20(12)17-8-4-5-13-11-19-10-9-15(13)17/h2-8,19H,1,9-11H2. The monoisotopic (exact) mass is 276 g/mol. The minimum absolute atomic E-state index is 0.0301. The van der Waals surface area contributed by atoms with Crippen LogP contribution in [0.5, 0.6) is 0 Å². The van der Waals surface area contributed by atoms with Crippen molar-refractivity contribution in [2.24, 2.45) is 0 Å². The van der Waals surface area contributed by atoms with Gasteiger partial charge in [-0.15, -0.1) is 0 Å². The number of rotatable bonds is 1. The summed E-state index contributed by atoms with van der Waals surface area (Å²) in [4.78, 5) is 14.5. The number of hydrogen-bond acceptors (Lipinski definition) is 2. The molecule has 0 bridgehead atoms. The molecule has 0 aliphatic carbocycles. The van der Waals surface area contributed by atoms with E-state index in [2.05, 4.69) is 18.0 Å². The summed E-state index contributed by atoms with van der Waals surface area (Å²) in [6.07, 6.45) is 0.943. The second kappa shape index (κ2) is 4.57. The molecule has 21 heavy (non-hydrogen) atoms. The first-order valence-electron chi connectivity index (χ1n) is 7.21. The van der Waals surface area contributed by atoms with E-state index in [9.17, 15) is 4.79 Å². The first-order valence-corrected chi connectivity index (χ1v) is 7.21. The van der Waals surface area contributed by atoms with Gasteiger partial charge in [-0.05, 0) is 36.2 Å². The molecule has 0 saturated heterocycles. The van der Waals surface area contributed by atoms with E-state index in [0.717, 1.165) is 42.0 Å². The maximum Gasteiger partial charge on any atom is 0.263 e. The van der Waals surface area contributed by atoms with Crippen LogP contribution in [0.3, 0.4) is 0 Å². The van der Waals surface area contributed by atoms with E-state index in [0.29, 0.717) is 0 Å². The van der Waals surface area contributed by atoms with Crippen LogP contribution in [-0.2, 0) is 13.0 Å². The van der Waals surface area contributed by atoms with Crippen LogP contribution in [0.15, 0.2) is 49.0 Å². The number of benzene rings is 2. The Morgan fingerprint density at radius 2 is 1.86 bits per heavy atom. The van der Waals surface area contributed by atoms with Crippen LogP contribution in [0.2, 0.25) is 0 Å². The van der Waals surface area contributed by atoms with Crippen molar-refractivity contribution in [1.82, 2.24) is 5.32 Å². The first-order chi connectivity index (χ1) is 10.3. The van der Waals surface area contributed by atoms with Gasteiger partial charge in [0, 0.05) is 17.7 Å². The molecule has 1 N–H and O–H groups in total. The van der Waals surface area contributed by atoms with Crippen molar-refractivity contribution < 1.29 is 4.79 Å². The Morgan fingerprint density at radius 3 is 2.67 bits per heavy atom. The quantitative estimate of drug-likeness (QED) is 0.868. The van der Waals surface area contributed by atoms with E-state index in [1.54, 1.807) is 4.90 Å². The van der Waals surface area contributed by atoms with Crippen molar-refractivity contribution in [1.29, 1.82) is 0 Å². The number of nitrogens with zero attached hydrogens (tertiary/aromatic N) is 1. The molecule has 2 aliphatic rings. The maximum atomic E-state index is 12.7. The zero-order chi connectivity index (χ0) is 14.4. The van der Waals surface area contributed by atoms with Gasteiger partial charge < -0.3 is 5.32 Å². The molecule has 4 rings (SSSR count). The van der Waals surface area contributed by atoms with Crippen LogP contribution < -0.4 is 10.2 Å². The van der Waals surface area contributed by atoms with Crippen molar-refractivity contribution in [2.75, 3.05) is 11.4 Å². The average molecular weight is 276 g/mol. The highest BCUT2D eigenvalue weighted by Crippen LogP contribution is 2.38. The fourth-order valence-electron chi connectivity index (χ4n) is 3.26. The number of anilines is 1. The third-order valence-electron chi connectivity index (χ3n) is 4.30. The molecule has 0 aromatic heterocycles. The lowest BCUT2D eigenvalue weighted by Crippen LogP contribution is -2.28. The number of carbonyl (C=O) groups is 1. The lowest BCUT2D eigenvalue weighted by Gasteiger charge is -2.26. The molecular formula is C18H16N2O. The van der Waals surface area contributed by atoms with Gasteiger partial charge in [-0.1, -0.05) is 36.9 Å². The Hall–Kier alpha value is -2.39. The molecule has 2 aromatic rings. The highest BCUT2D eigenvalue weighted by atomic mass is 16.2. The van der Waals surface area contributed by atoms with E-state index in [1.165, 1.54) is 11.1 Å². The molecule has 104 valence electrons. The van der Waals surface area contributed by atoms with E-state index in [1.807, 2.05) is 36.4 Å². The van der Waals surface area contributed by atoms with E-state index in [4.69, 9.17) is 0 Å². The third kappa shape index (κ3) is 1.74. The maximum absolute atomic E-state index is 12.7. The predicted molar refractivity (Wildman–Crippen MR) is 84.1 cm³/mol. The molecule has 0 saturated carbocycles. The Kier molecular flexibility index (Phi) is 2.69. The molecule has 0 fully saturated rings. The largest absolute Gasteiger partial charge is 0.312 e. The minimum Gasteiger partial charge on any atom is -0.312 e. The van der Waals surface area contributed by atoms with E-state index >= 15 is 0 Å². The summed E-state index contributed by atoms with van der Waals surface area (Å²) in [5.74, 6) is 0.0301. The number of nitrogens with one attached hydrogen (secondary N) is 1. The van der Waals surface area contributed by atoms with Crippen LogP contribution in [0.25, 0.3) is 5.70 Å². The molecule has 1 amide bonds. The van der Waals surface area contributed by atoms with Gasteiger partial charge in [-0.3, -0.25) is 9.69 Å². The van der Waals surface area contributed by atoms with Crippen molar-refractivity contribution in [3.63, 3.8) is 0 Å².